The van der Waals surface area contributed by atoms with Crippen LogP contribution in [0, 0.1) is 20.8 Å². The first kappa shape index (κ1) is 15.4. The van der Waals surface area contributed by atoms with E-state index >= 15 is 0 Å². The van der Waals surface area contributed by atoms with Crippen molar-refractivity contribution in [1.82, 2.24) is 0 Å². The Labute approximate surface area is 129 Å². The van der Waals surface area contributed by atoms with Gasteiger partial charge >= 0.3 is 0 Å². The van der Waals surface area contributed by atoms with Gasteiger partial charge in [0.25, 0.3) is 5.91 Å². The quantitative estimate of drug-likeness (QED) is 0.915. The van der Waals surface area contributed by atoms with Crippen LogP contribution in [0.4, 0.5) is 5.69 Å². The predicted octanol–water partition coefficient (Wildman–Crippen LogP) is 4.28. The van der Waals surface area contributed by atoms with Crippen molar-refractivity contribution >= 4 is 23.2 Å². The van der Waals surface area contributed by atoms with Crippen LogP contribution in [0.15, 0.2) is 36.4 Å². The van der Waals surface area contributed by atoms with Crippen molar-refractivity contribution in [2.45, 2.75) is 20.8 Å². The summed E-state index contributed by atoms with van der Waals surface area (Å²) in [5.74, 6) is 0.447. The second-order valence-electron chi connectivity index (χ2n) is 5.09. The molecule has 2 aromatic rings. The van der Waals surface area contributed by atoms with Gasteiger partial charge in [0.1, 0.15) is 5.75 Å². The Balaban J connectivity index is 1.99. The molecule has 0 saturated heterocycles. The molecular formula is C17H18ClNO2. The molecule has 3 nitrogen and oxygen atoms in total. The molecular weight excluding hydrogens is 286 g/mol. The molecule has 2 rings (SSSR count). The fraction of sp³-hybridized carbons (Fsp3) is 0.235. The molecule has 0 aliphatic heterocycles. The van der Waals surface area contributed by atoms with Crippen LogP contribution in [0.25, 0.3) is 0 Å². The SMILES string of the molecule is Cc1cccc(OCC(=O)Nc2c(C)cc(C)cc2Cl)c1. The van der Waals surface area contributed by atoms with E-state index in [0.29, 0.717) is 16.5 Å². The highest BCUT2D eigenvalue weighted by Crippen LogP contribution is 2.27. The van der Waals surface area contributed by atoms with Crippen LogP contribution in [-0.4, -0.2) is 12.5 Å². The van der Waals surface area contributed by atoms with E-state index in [0.717, 1.165) is 16.7 Å². The second kappa shape index (κ2) is 6.64. The third-order valence-electron chi connectivity index (χ3n) is 3.06. The molecule has 0 radical (unpaired) electrons. The Morgan fingerprint density at radius 1 is 1.14 bits per heavy atom. The molecule has 0 unspecified atom stereocenters. The van der Waals surface area contributed by atoms with Crippen molar-refractivity contribution in [1.29, 1.82) is 0 Å². The molecule has 0 bridgehead atoms. The number of aryl methyl sites for hydroxylation is 3. The molecule has 0 fully saturated rings. The van der Waals surface area contributed by atoms with Gasteiger partial charge in [0.05, 0.1) is 10.7 Å². The zero-order chi connectivity index (χ0) is 15.4. The minimum atomic E-state index is -0.231. The molecule has 1 N–H and O–H groups in total. The first-order valence-electron chi connectivity index (χ1n) is 6.72. The predicted molar refractivity (Wildman–Crippen MR) is 86.2 cm³/mol. The molecule has 1 amide bonds. The Morgan fingerprint density at radius 3 is 2.57 bits per heavy atom. The zero-order valence-corrected chi connectivity index (χ0v) is 13.1. The van der Waals surface area contributed by atoms with Crippen molar-refractivity contribution in [2.24, 2.45) is 0 Å². The number of hydrogen-bond acceptors (Lipinski definition) is 2. The summed E-state index contributed by atoms with van der Waals surface area (Å²) < 4.78 is 5.47. The summed E-state index contributed by atoms with van der Waals surface area (Å²) >= 11 is 6.16. The Kier molecular flexibility index (Phi) is 4.86. The summed E-state index contributed by atoms with van der Waals surface area (Å²) in [5.41, 5.74) is 3.72. The highest BCUT2D eigenvalue weighted by atomic mass is 35.5. The van der Waals surface area contributed by atoms with Gasteiger partial charge in [0.15, 0.2) is 6.61 Å². The van der Waals surface area contributed by atoms with E-state index < -0.39 is 0 Å². The normalized spacial score (nSPS) is 10.3. The summed E-state index contributed by atoms with van der Waals surface area (Å²) in [7, 11) is 0. The molecule has 0 spiro atoms. The highest BCUT2D eigenvalue weighted by Gasteiger charge is 2.10. The lowest BCUT2D eigenvalue weighted by atomic mass is 10.1. The monoisotopic (exact) mass is 303 g/mol. The lowest BCUT2D eigenvalue weighted by Crippen LogP contribution is -2.21. The summed E-state index contributed by atoms with van der Waals surface area (Å²) in [6, 6.07) is 11.4. The van der Waals surface area contributed by atoms with Gasteiger partial charge in [0.2, 0.25) is 0 Å². The van der Waals surface area contributed by atoms with Gasteiger partial charge in [-0.3, -0.25) is 4.79 Å². The van der Waals surface area contributed by atoms with Gasteiger partial charge in [-0.1, -0.05) is 29.8 Å². The van der Waals surface area contributed by atoms with Gasteiger partial charge in [-0.15, -0.1) is 0 Å². The molecule has 0 aliphatic carbocycles. The van der Waals surface area contributed by atoms with E-state index in [1.165, 1.54) is 0 Å². The minimum Gasteiger partial charge on any atom is -0.484 e. The summed E-state index contributed by atoms with van der Waals surface area (Å²) in [6.07, 6.45) is 0. The lowest BCUT2D eigenvalue weighted by Gasteiger charge is -2.12. The molecule has 0 saturated carbocycles. The number of benzene rings is 2. The maximum Gasteiger partial charge on any atom is 0.262 e. The Morgan fingerprint density at radius 2 is 1.90 bits per heavy atom. The molecule has 110 valence electrons. The van der Waals surface area contributed by atoms with Crippen molar-refractivity contribution in [3.05, 3.63) is 58.1 Å². The number of halogens is 1. The van der Waals surface area contributed by atoms with Gasteiger partial charge in [0, 0.05) is 0 Å². The summed E-state index contributed by atoms with van der Waals surface area (Å²) in [4.78, 5) is 12.0. The van der Waals surface area contributed by atoms with E-state index in [4.69, 9.17) is 16.3 Å². The minimum absolute atomic E-state index is 0.0485. The van der Waals surface area contributed by atoms with Crippen molar-refractivity contribution < 1.29 is 9.53 Å². The maximum atomic E-state index is 12.0. The van der Waals surface area contributed by atoms with Crippen LogP contribution < -0.4 is 10.1 Å². The van der Waals surface area contributed by atoms with Crippen molar-refractivity contribution in [3.8, 4) is 5.75 Å². The van der Waals surface area contributed by atoms with Crippen LogP contribution in [0.5, 0.6) is 5.75 Å². The maximum absolute atomic E-state index is 12.0. The number of amides is 1. The second-order valence-corrected chi connectivity index (χ2v) is 5.50. The number of carbonyl (C=O) groups excluding carboxylic acids is 1. The number of hydrogen-bond donors (Lipinski definition) is 1. The fourth-order valence-electron chi connectivity index (χ4n) is 2.10. The number of nitrogens with one attached hydrogen (secondary N) is 1. The summed E-state index contributed by atoms with van der Waals surface area (Å²) in [6.45, 7) is 5.80. The Bertz CT molecular complexity index is 645. The van der Waals surface area contributed by atoms with Crippen LogP contribution in [-0.2, 0) is 4.79 Å². The molecule has 0 heterocycles. The van der Waals surface area contributed by atoms with Gasteiger partial charge in [-0.05, 0) is 55.7 Å². The topological polar surface area (TPSA) is 38.3 Å². The molecule has 0 atom stereocenters. The number of rotatable bonds is 4. The van der Waals surface area contributed by atoms with Crippen molar-refractivity contribution in [3.63, 3.8) is 0 Å². The average molecular weight is 304 g/mol. The third-order valence-corrected chi connectivity index (χ3v) is 3.35. The molecule has 2 aromatic carbocycles. The van der Waals surface area contributed by atoms with Crippen LogP contribution >= 0.6 is 11.6 Å². The van der Waals surface area contributed by atoms with Gasteiger partial charge < -0.3 is 10.1 Å². The van der Waals surface area contributed by atoms with Gasteiger partial charge in [-0.2, -0.15) is 0 Å². The number of carbonyl (C=O) groups is 1. The fourth-order valence-corrected chi connectivity index (χ4v) is 2.47. The van der Waals surface area contributed by atoms with E-state index in [9.17, 15) is 4.79 Å². The highest BCUT2D eigenvalue weighted by molar-refractivity contribution is 6.34. The summed E-state index contributed by atoms with van der Waals surface area (Å²) in [5, 5.41) is 3.33. The number of ether oxygens (including phenoxy) is 1. The van der Waals surface area contributed by atoms with Gasteiger partial charge in [-0.25, -0.2) is 0 Å². The van der Waals surface area contributed by atoms with E-state index in [1.54, 1.807) is 0 Å². The lowest BCUT2D eigenvalue weighted by molar-refractivity contribution is -0.118. The molecule has 21 heavy (non-hydrogen) atoms. The first-order valence-corrected chi connectivity index (χ1v) is 7.09. The number of anilines is 1. The van der Waals surface area contributed by atoms with E-state index in [-0.39, 0.29) is 12.5 Å². The smallest absolute Gasteiger partial charge is 0.262 e. The largest absolute Gasteiger partial charge is 0.484 e. The first-order chi connectivity index (χ1) is 9.95. The third kappa shape index (κ3) is 4.23. The molecule has 0 aliphatic rings. The Hall–Kier alpha value is -2.00. The van der Waals surface area contributed by atoms with E-state index in [1.807, 2.05) is 57.2 Å². The van der Waals surface area contributed by atoms with Crippen LogP contribution in [0.1, 0.15) is 16.7 Å². The van der Waals surface area contributed by atoms with Crippen LogP contribution in [0.3, 0.4) is 0 Å². The van der Waals surface area contributed by atoms with Crippen molar-refractivity contribution in [2.75, 3.05) is 11.9 Å². The zero-order valence-electron chi connectivity index (χ0n) is 12.4. The molecule has 0 aromatic heterocycles. The van der Waals surface area contributed by atoms with Crippen LogP contribution in [0.2, 0.25) is 5.02 Å². The van der Waals surface area contributed by atoms with E-state index in [2.05, 4.69) is 5.32 Å². The standard InChI is InChI=1S/C17H18ClNO2/c1-11-5-4-6-14(8-11)21-10-16(20)19-17-13(3)7-12(2)9-15(17)18/h4-9H,10H2,1-3H3,(H,19,20). The average Bonchev–Trinajstić information content (AvgIpc) is 2.40. The molecule has 4 heteroatoms.